The van der Waals surface area contributed by atoms with Crippen LogP contribution in [0.25, 0.3) is 4.96 Å². The summed E-state index contributed by atoms with van der Waals surface area (Å²) in [6, 6.07) is 0. The van der Waals surface area contributed by atoms with Crippen molar-refractivity contribution in [1.29, 1.82) is 0 Å². The van der Waals surface area contributed by atoms with Gasteiger partial charge in [0.05, 0.1) is 5.69 Å². The Hall–Kier alpha value is -0.910. The molecular formula is C15H24N4S. The largest absolute Gasteiger partial charge is 0.310 e. The summed E-state index contributed by atoms with van der Waals surface area (Å²) < 4.78 is 2.13. The van der Waals surface area contributed by atoms with Gasteiger partial charge in [0.15, 0.2) is 4.96 Å². The Balaban J connectivity index is 1.73. The number of aromatic nitrogens is 2. The first-order valence-corrected chi connectivity index (χ1v) is 8.51. The van der Waals surface area contributed by atoms with Crippen molar-refractivity contribution in [3.05, 3.63) is 23.5 Å². The van der Waals surface area contributed by atoms with Gasteiger partial charge in [-0.15, -0.1) is 11.3 Å². The second-order valence-electron chi connectivity index (χ2n) is 5.80. The van der Waals surface area contributed by atoms with E-state index in [0.717, 1.165) is 24.6 Å². The molecule has 0 bridgehead atoms. The summed E-state index contributed by atoms with van der Waals surface area (Å²) in [6.45, 7) is 9.00. The summed E-state index contributed by atoms with van der Waals surface area (Å²) in [4.78, 5) is 8.39. The molecule has 1 N–H and O–H groups in total. The summed E-state index contributed by atoms with van der Waals surface area (Å²) in [7, 11) is 0. The zero-order valence-corrected chi connectivity index (χ0v) is 13.2. The van der Waals surface area contributed by atoms with E-state index in [1.807, 2.05) is 0 Å². The van der Waals surface area contributed by atoms with Crippen molar-refractivity contribution >= 4 is 16.3 Å². The van der Waals surface area contributed by atoms with Crippen LogP contribution in [0.5, 0.6) is 0 Å². The molecule has 0 aromatic carbocycles. The van der Waals surface area contributed by atoms with Crippen molar-refractivity contribution in [1.82, 2.24) is 19.6 Å². The average molecular weight is 292 g/mol. The van der Waals surface area contributed by atoms with Gasteiger partial charge in [-0.1, -0.05) is 13.8 Å². The Morgan fingerprint density at radius 2 is 2.25 bits per heavy atom. The molecule has 0 amide bonds. The lowest BCUT2D eigenvalue weighted by Gasteiger charge is -2.35. The van der Waals surface area contributed by atoms with Gasteiger partial charge < -0.3 is 5.32 Å². The van der Waals surface area contributed by atoms with Gasteiger partial charge >= 0.3 is 0 Å². The third kappa shape index (κ3) is 2.75. The monoisotopic (exact) mass is 292 g/mol. The first-order chi connectivity index (χ1) is 9.74. The smallest absolute Gasteiger partial charge is 0.193 e. The van der Waals surface area contributed by atoms with Crippen molar-refractivity contribution in [2.24, 2.45) is 0 Å². The lowest BCUT2D eigenvalue weighted by atomic mass is 9.92. The van der Waals surface area contributed by atoms with Crippen LogP contribution in [0, 0.1) is 0 Å². The predicted octanol–water partition coefficient (Wildman–Crippen LogP) is 2.75. The van der Waals surface area contributed by atoms with Crippen LogP contribution in [0.4, 0.5) is 0 Å². The van der Waals surface area contributed by atoms with E-state index in [1.165, 1.54) is 31.5 Å². The highest BCUT2D eigenvalue weighted by atomic mass is 32.1. The predicted molar refractivity (Wildman–Crippen MR) is 84.3 cm³/mol. The van der Waals surface area contributed by atoms with Gasteiger partial charge in [-0.2, -0.15) is 0 Å². The zero-order chi connectivity index (χ0) is 14.0. The number of fused-ring (bicyclic) bond motifs is 1. The normalized spacial score (nSPS) is 20.3. The van der Waals surface area contributed by atoms with Crippen LogP contribution in [-0.4, -0.2) is 39.5 Å². The average Bonchev–Trinajstić information content (AvgIpc) is 2.96. The molecule has 0 unspecified atom stereocenters. The van der Waals surface area contributed by atoms with E-state index >= 15 is 0 Å². The van der Waals surface area contributed by atoms with Crippen LogP contribution in [-0.2, 0) is 6.54 Å². The molecule has 0 saturated carbocycles. The highest BCUT2D eigenvalue weighted by molar-refractivity contribution is 7.15. The maximum Gasteiger partial charge on any atom is 0.193 e. The molecular weight excluding hydrogens is 268 g/mol. The van der Waals surface area contributed by atoms with Gasteiger partial charge in [-0.25, -0.2) is 4.98 Å². The van der Waals surface area contributed by atoms with Gasteiger partial charge in [-0.05, 0) is 32.4 Å². The molecule has 110 valence electrons. The second-order valence-corrected chi connectivity index (χ2v) is 6.68. The minimum Gasteiger partial charge on any atom is -0.310 e. The van der Waals surface area contributed by atoms with E-state index in [1.54, 1.807) is 11.3 Å². The minimum atomic E-state index is 0.285. The number of imidazole rings is 1. The summed E-state index contributed by atoms with van der Waals surface area (Å²) in [5, 5.41) is 5.85. The molecule has 0 spiro atoms. The molecule has 4 nitrogen and oxygen atoms in total. The Morgan fingerprint density at radius 3 is 3.00 bits per heavy atom. The SMILES string of the molecule is CCC1(CC)CN(Cc2cn3ccsc3n2)CCCN1. The first-order valence-electron chi connectivity index (χ1n) is 7.63. The third-order valence-corrected chi connectivity index (χ3v) is 5.33. The summed E-state index contributed by atoms with van der Waals surface area (Å²) in [6.07, 6.45) is 7.87. The van der Waals surface area contributed by atoms with E-state index in [2.05, 4.69) is 46.2 Å². The maximum atomic E-state index is 4.72. The molecule has 1 aliphatic rings. The van der Waals surface area contributed by atoms with Crippen LogP contribution in [0.1, 0.15) is 38.8 Å². The Morgan fingerprint density at radius 1 is 1.40 bits per heavy atom. The summed E-state index contributed by atoms with van der Waals surface area (Å²) >= 11 is 1.70. The Bertz CT molecular complexity index is 526. The number of nitrogens with one attached hydrogen (secondary N) is 1. The molecule has 0 aliphatic carbocycles. The fourth-order valence-electron chi connectivity index (χ4n) is 3.16. The van der Waals surface area contributed by atoms with Gasteiger partial charge in [0.1, 0.15) is 0 Å². The number of nitrogens with zero attached hydrogens (tertiary/aromatic N) is 3. The molecule has 0 radical (unpaired) electrons. The van der Waals surface area contributed by atoms with E-state index in [4.69, 9.17) is 4.98 Å². The number of rotatable bonds is 4. The molecule has 5 heteroatoms. The first kappa shape index (κ1) is 14.0. The zero-order valence-electron chi connectivity index (χ0n) is 12.4. The van der Waals surface area contributed by atoms with Crippen LogP contribution in [0.3, 0.4) is 0 Å². The second kappa shape index (κ2) is 5.84. The fourth-order valence-corrected chi connectivity index (χ4v) is 3.88. The molecule has 1 saturated heterocycles. The van der Waals surface area contributed by atoms with E-state index in [0.29, 0.717) is 0 Å². The number of hydrogen-bond donors (Lipinski definition) is 1. The fraction of sp³-hybridized carbons (Fsp3) is 0.667. The summed E-state index contributed by atoms with van der Waals surface area (Å²) in [5.41, 5.74) is 1.48. The Labute approximate surface area is 124 Å². The van der Waals surface area contributed by atoms with Gasteiger partial charge in [-0.3, -0.25) is 9.30 Å². The third-order valence-electron chi connectivity index (χ3n) is 4.56. The van der Waals surface area contributed by atoms with E-state index < -0.39 is 0 Å². The van der Waals surface area contributed by atoms with Crippen molar-refractivity contribution in [2.45, 2.75) is 45.2 Å². The van der Waals surface area contributed by atoms with E-state index in [-0.39, 0.29) is 5.54 Å². The van der Waals surface area contributed by atoms with Gasteiger partial charge in [0.2, 0.25) is 0 Å². The quantitative estimate of drug-likeness (QED) is 0.940. The Kier molecular flexibility index (Phi) is 4.10. The topological polar surface area (TPSA) is 32.6 Å². The highest BCUT2D eigenvalue weighted by Crippen LogP contribution is 2.21. The standard InChI is InChI=1S/C15H24N4S/c1-3-15(4-2)12-18(7-5-6-16-15)10-13-11-19-8-9-20-14(19)17-13/h8-9,11,16H,3-7,10,12H2,1-2H3. The molecule has 2 aromatic heterocycles. The molecule has 1 aliphatic heterocycles. The van der Waals surface area contributed by atoms with Gasteiger partial charge in [0.25, 0.3) is 0 Å². The molecule has 0 atom stereocenters. The minimum absolute atomic E-state index is 0.285. The molecule has 1 fully saturated rings. The molecule has 2 aromatic rings. The lowest BCUT2D eigenvalue weighted by molar-refractivity contribution is 0.190. The molecule has 3 heterocycles. The number of hydrogen-bond acceptors (Lipinski definition) is 4. The van der Waals surface area contributed by atoms with Crippen molar-refractivity contribution < 1.29 is 0 Å². The lowest BCUT2D eigenvalue weighted by Crippen LogP contribution is -2.50. The van der Waals surface area contributed by atoms with Crippen molar-refractivity contribution in [2.75, 3.05) is 19.6 Å². The molecule has 3 rings (SSSR count). The maximum absolute atomic E-state index is 4.72. The van der Waals surface area contributed by atoms with Crippen LogP contribution in [0.2, 0.25) is 0 Å². The van der Waals surface area contributed by atoms with Crippen molar-refractivity contribution in [3.8, 4) is 0 Å². The van der Waals surface area contributed by atoms with Crippen LogP contribution < -0.4 is 5.32 Å². The van der Waals surface area contributed by atoms with Crippen LogP contribution in [0.15, 0.2) is 17.8 Å². The van der Waals surface area contributed by atoms with Crippen LogP contribution >= 0.6 is 11.3 Å². The van der Waals surface area contributed by atoms with Gasteiger partial charge in [0, 0.05) is 36.4 Å². The highest BCUT2D eigenvalue weighted by Gasteiger charge is 2.30. The van der Waals surface area contributed by atoms with E-state index in [9.17, 15) is 0 Å². The van der Waals surface area contributed by atoms with Crippen molar-refractivity contribution in [3.63, 3.8) is 0 Å². The molecule has 20 heavy (non-hydrogen) atoms. The number of thiazole rings is 1. The summed E-state index contributed by atoms with van der Waals surface area (Å²) in [5.74, 6) is 0.